The van der Waals surface area contributed by atoms with Gasteiger partial charge in [0.15, 0.2) is 0 Å². The highest BCUT2D eigenvalue weighted by Gasteiger charge is 2.42. The van der Waals surface area contributed by atoms with Crippen molar-refractivity contribution in [1.82, 2.24) is 9.97 Å². The summed E-state index contributed by atoms with van der Waals surface area (Å²) in [7, 11) is 2.30. The van der Waals surface area contributed by atoms with E-state index >= 15 is 0 Å². The van der Waals surface area contributed by atoms with Crippen LogP contribution in [0.25, 0.3) is 0 Å². The number of Topliss-reactive ketones (excluding diaryl/α,β-unsaturated/α-hetero) is 1. The van der Waals surface area contributed by atoms with E-state index in [0.29, 0.717) is 0 Å². The molecule has 0 aliphatic heterocycles. The fourth-order valence-electron chi connectivity index (χ4n) is 2.00. The average Bonchev–Trinajstić information content (AvgIpc) is 2.56. The number of nitrogens with zero attached hydrogens (tertiary/aromatic N) is 4. The highest BCUT2D eigenvalue weighted by atomic mass is 16.5. The molecule has 1 aromatic heterocycles. The van der Waals surface area contributed by atoms with Crippen LogP contribution in [0.4, 0.5) is 5.95 Å². The van der Waals surface area contributed by atoms with Gasteiger partial charge >= 0.3 is 11.9 Å². The van der Waals surface area contributed by atoms with Crippen LogP contribution in [0.1, 0.15) is 13.8 Å². The zero-order valence-electron chi connectivity index (χ0n) is 13.3. The molecule has 1 heterocycles. The molecule has 0 aliphatic carbocycles. The summed E-state index contributed by atoms with van der Waals surface area (Å²) >= 11 is 0. The number of carbonyl (C=O) groups excluding carboxylic acids is 3. The van der Waals surface area contributed by atoms with Crippen molar-refractivity contribution in [3.05, 3.63) is 18.5 Å². The maximum absolute atomic E-state index is 12.0. The van der Waals surface area contributed by atoms with E-state index in [9.17, 15) is 14.4 Å². The lowest BCUT2D eigenvalue weighted by Gasteiger charge is -2.23. The van der Waals surface area contributed by atoms with E-state index < -0.39 is 35.6 Å². The van der Waals surface area contributed by atoms with Crippen LogP contribution in [0, 0.1) is 11.8 Å². The smallest absolute Gasteiger partial charge is 0.317 e. The van der Waals surface area contributed by atoms with E-state index in [4.69, 9.17) is 0 Å². The number of hydrogen-bond donors (Lipinski definition) is 0. The van der Waals surface area contributed by atoms with Crippen LogP contribution < -0.4 is 0 Å². The molecular weight excluding hydrogens is 304 g/mol. The monoisotopic (exact) mass is 322 g/mol. The number of azo groups is 1. The number of rotatable bonds is 7. The molecule has 0 amide bonds. The van der Waals surface area contributed by atoms with Crippen LogP contribution in [-0.2, 0) is 23.9 Å². The number of carbonyl (C=O) groups is 3. The van der Waals surface area contributed by atoms with E-state index in [1.807, 2.05) is 0 Å². The third-order valence-corrected chi connectivity index (χ3v) is 3.13. The third kappa shape index (κ3) is 4.90. The van der Waals surface area contributed by atoms with Gasteiger partial charge in [-0.15, -0.1) is 5.11 Å². The van der Waals surface area contributed by atoms with Crippen molar-refractivity contribution in [3.8, 4) is 0 Å². The standard InChI is InChI=1S/C14H18N4O5/c1-8(17-18-14-15-6-5-7-16-14)10(12(20)22-3)11(9(2)19)13(21)23-4/h5-8,10-11H,1-4H3. The van der Waals surface area contributed by atoms with Crippen LogP contribution in [0.3, 0.4) is 0 Å². The molecule has 1 rings (SSSR count). The Morgan fingerprint density at radius 3 is 2.13 bits per heavy atom. The molecule has 3 atom stereocenters. The first-order valence-corrected chi connectivity index (χ1v) is 6.76. The lowest BCUT2D eigenvalue weighted by Crippen LogP contribution is -2.41. The van der Waals surface area contributed by atoms with Crippen LogP contribution >= 0.6 is 0 Å². The fourth-order valence-corrected chi connectivity index (χ4v) is 2.00. The van der Waals surface area contributed by atoms with Gasteiger partial charge in [0, 0.05) is 12.4 Å². The quantitative estimate of drug-likeness (QED) is 0.419. The molecule has 0 saturated carbocycles. The molecule has 0 fully saturated rings. The molecular formula is C14H18N4O5. The Kier molecular flexibility index (Phi) is 6.91. The number of methoxy groups -OCH3 is 2. The summed E-state index contributed by atoms with van der Waals surface area (Å²) in [6, 6.07) is 0.794. The molecule has 9 heteroatoms. The van der Waals surface area contributed by atoms with Crippen molar-refractivity contribution in [3.63, 3.8) is 0 Å². The van der Waals surface area contributed by atoms with E-state index in [0.717, 1.165) is 14.2 Å². The maximum Gasteiger partial charge on any atom is 0.317 e. The molecule has 0 radical (unpaired) electrons. The van der Waals surface area contributed by atoms with Gasteiger partial charge in [0.2, 0.25) is 0 Å². The Morgan fingerprint density at radius 1 is 1.09 bits per heavy atom. The molecule has 0 spiro atoms. The van der Waals surface area contributed by atoms with Gasteiger partial charge in [-0.2, -0.15) is 5.11 Å². The molecule has 0 saturated heterocycles. The Hall–Kier alpha value is -2.71. The van der Waals surface area contributed by atoms with Gasteiger partial charge < -0.3 is 9.47 Å². The number of hydrogen-bond acceptors (Lipinski definition) is 9. The fraction of sp³-hybridized carbons (Fsp3) is 0.500. The number of ether oxygens (including phenoxy) is 2. The molecule has 23 heavy (non-hydrogen) atoms. The van der Waals surface area contributed by atoms with Crippen LogP contribution in [0.2, 0.25) is 0 Å². The minimum atomic E-state index is -1.32. The van der Waals surface area contributed by atoms with Gasteiger partial charge in [-0.05, 0) is 19.9 Å². The van der Waals surface area contributed by atoms with E-state index in [2.05, 4.69) is 29.7 Å². The van der Waals surface area contributed by atoms with Crippen LogP contribution in [0.5, 0.6) is 0 Å². The number of esters is 2. The first-order chi connectivity index (χ1) is 10.9. The Morgan fingerprint density at radius 2 is 1.65 bits per heavy atom. The summed E-state index contributed by atoms with van der Waals surface area (Å²) in [5.74, 6) is -4.48. The first kappa shape index (κ1) is 18.3. The molecule has 0 N–H and O–H groups in total. The summed E-state index contributed by atoms with van der Waals surface area (Å²) in [5.41, 5.74) is 0. The van der Waals surface area contributed by atoms with Crippen LogP contribution in [0.15, 0.2) is 28.7 Å². The zero-order valence-corrected chi connectivity index (χ0v) is 13.3. The zero-order chi connectivity index (χ0) is 17.4. The highest BCUT2D eigenvalue weighted by molar-refractivity contribution is 6.01. The molecule has 0 bridgehead atoms. The minimum absolute atomic E-state index is 0.0976. The van der Waals surface area contributed by atoms with Gasteiger partial charge in [0.05, 0.1) is 20.3 Å². The average molecular weight is 322 g/mol. The van der Waals surface area contributed by atoms with Crippen molar-refractivity contribution in [1.29, 1.82) is 0 Å². The molecule has 1 aromatic rings. The normalized spacial score (nSPS) is 14.8. The first-order valence-electron chi connectivity index (χ1n) is 6.76. The van der Waals surface area contributed by atoms with Crippen molar-refractivity contribution < 1.29 is 23.9 Å². The summed E-state index contributed by atoms with van der Waals surface area (Å²) in [6.45, 7) is 2.73. The molecule has 9 nitrogen and oxygen atoms in total. The van der Waals surface area contributed by atoms with Gasteiger partial charge in [0.25, 0.3) is 5.95 Å². The SMILES string of the molecule is COC(=O)C(C(C)=O)C(C(=O)OC)C(C)N=Nc1ncccn1. The molecule has 0 aliphatic rings. The highest BCUT2D eigenvalue weighted by Crippen LogP contribution is 2.24. The summed E-state index contributed by atoms with van der Waals surface area (Å²) in [5, 5.41) is 7.73. The summed E-state index contributed by atoms with van der Waals surface area (Å²) in [6.07, 6.45) is 2.97. The predicted molar refractivity (Wildman–Crippen MR) is 77.7 cm³/mol. The van der Waals surface area contributed by atoms with Gasteiger partial charge in [-0.25, -0.2) is 9.97 Å². The molecule has 3 unspecified atom stereocenters. The van der Waals surface area contributed by atoms with Crippen molar-refractivity contribution >= 4 is 23.7 Å². The number of ketones is 1. The summed E-state index contributed by atoms with van der Waals surface area (Å²) < 4.78 is 9.28. The van der Waals surface area contributed by atoms with Gasteiger partial charge in [0.1, 0.15) is 17.6 Å². The lowest BCUT2D eigenvalue weighted by molar-refractivity contribution is -0.161. The van der Waals surface area contributed by atoms with E-state index in [1.54, 1.807) is 6.07 Å². The van der Waals surface area contributed by atoms with Crippen molar-refractivity contribution in [2.24, 2.45) is 22.1 Å². The van der Waals surface area contributed by atoms with E-state index in [1.165, 1.54) is 26.2 Å². The van der Waals surface area contributed by atoms with Gasteiger partial charge in [-0.1, -0.05) is 0 Å². The van der Waals surface area contributed by atoms with Crippen molar-refractivity contribution in [2.75, 3.05) is 14.2 Å². The van der Waals surface area contributed by atoms with E-state index in [-0.39, 0.29) is 5.95 Å². The second kappa shape index (κ2) is 8.66. The molecule has 0 aromatic carbocycles. The molecule has 124 valence electrons. The lowest BCUT2D eigenvalue weighted by atomic mass is 9.84. The predicted octanol–water partition coefficient (Wildman–Crippen LogP) is 1.12. The van der Waals surface area contributed by atoms with Crippen LogP contribution in [-0.4, -0.2) is 48.0 Å². The maximum atomic E-state index is 12.0. The van der Waals surface area contributed by atoms with Crippen molar-refractivity contribution in [2.45, 2.75) is 19.9 Å². The third-order valence-electron chi connectivity index (χ3n) is 3.13. The Balaban J connectivity index is 3.09. The minimum Gasteiger partial charge on any atom is -0.469 e. The summed E-state index contributed by atoms with van der Waals surface area (Å²) in [4.78, 5) is 43.4. The second-order valence-electron chi connectivity index (χ2n) is 4.67. The topological polar surface area (TPSA) is 120 Å². The Labute approximate surface area is 133 Å². The Bertz CT molecular complexity index is 590. The second-order valence-corrected chi connectivity index (χ2v) is 4.67. The van der Waals surface area contributed by atoms with Gasteiger partial charge in [-0.3, -0.25) is 14.4 Å². The largest absolute Gasteiger partial charge is 0.469 e. The number of aromatic nitrogens is 2.